The number of benzene rings is 1. The number of likely N-dealkylation sites (tertiary alicyclic amines) is 1. The van der Waals surface area contributed by atoms with Gasteiger partial charge in [0.1, 0.15) is 5.82 Å². The third-order valence-corrected chi connectivity index (χ3v) is 4.68. The van der Waals surface area contributed by atoms with Crippen molar-refractivity contribution in [2.45, 2.75) is 38.6 Å². The van der Waals surface area contributed by atoms with Crippen molar-refractivity contribution in [1.29, 1.82) is 0 Å². The van der Waals surface area contributed by atoms with Crippen LogP contribution in [0.1, 0.15) is 52.7 Å². The van der Waals surface area contributed by atoms with Gasteiger partial charge in [-0.1, -0.05) is 12.1 Å². The summed E-state index contributed by atoms with van der Waals surface area (Å²) in [5.74, 6) is -0.281. The van der Waals surface area contributed by atoms with Crippen molar-refractivity contribution in [3.8, 4) is 0 Å². The molecule has 26 heavy (non-hydrogen) atoms. The van der Waals surface area contributed by atoms with Gasteiger partial charge in [-0.3, -0.25) is 9.59 Å². The zero-order chi connectivity index (χ0) is 18.7. The lowest BCUT2D eigenvalue weighted by atomic mass is 10.1. The molecular weight excluding hydrogens is 335 g/mol. The van der Waals surface area contributed by atoms with Crippen molar-refractivity contribution in [3.05, 3.63) is 58.9 Å². The summed E-state index contributed by atoms with van der Waals surface area (Å²) >= 11 is 0. The highest BCUT2D eigenvalue weighted by Crippen LogP contribution is 2.30. The Balaban J connectivity index is 1.69. The molecule has 0 bridgehead atoms. The number of carbonyl (C=O) groups is 2. The third-order valence-electron chi connectivity index (χ3n) is 4.68. The molecule has 136 valence electrons. The van der Waals surface area contributed by atoms with Crippen LogP contribution in [0, 0.1) is 12.7 Å². The summed E-state index contributed by atoms with van der Waals surface area (Å²) in [5, 5.41) is 0. The van der Waals surface area contributed by atoms with Gasteiger partial charge in [-0.15, -0.1) is 0 Å². The Morgan fingerprint density at radius 2 is 2.04 bits per heavy atom. The first-order chi connectivity index (χ1) is 12.5. The average Bonchev–Trinajstić information content (AvgIpc) is 3.10. The van der Waals surface area contributed by atoms with Crippen LogP contribution in [0.25, 0.3) is 0 Å². The number of nitrogens with zero attached hydrogens (tertiary/aromatic N) is 3. The van der Waals surface area contributed by atoms with Crippen LogP contribution in [0.5, 0.6) is 0 Å². The van der Waals surface area contributed by atoms with Gasteiger partial charge in [-0.2, -0.15) is 0 Å². The van der Waals surface area contributed by atoms with Gasteiger partial charge in [0, 0.05) is 19.2 Å². The molecule has 2 amide bonds. The summed E-state index contributed by atoms with van der Waals surface area (Å²) in [6.45, 7) is 2.37. The first-order valence-corrected chi connectivity index (χ1v) is 8.63. The predicted octanol–water partition coefficient (Wildman–Crippen LogP) is 2.32. The van der Waals surface area contributed by atoms with Crippen LogP contribution < -0.4 is 5.73 Å². The molecule has 0 unspecified atom stereocenters. The minimum atomic E-state index is -0.562. The fraction of sp³-hybridized carbons (Fsp3) is 0.368. The van der Waals surface area contributed by atoms with Gasteiger partial charge in [0.2, 0.25) is 5.91 Å². The molecule has 7 heteroatoms. The monoisotopic (exact) mass is 356 g/mol. The second kappa shape index (κ2) is 7.59. The van der Waals surface area contributed by atoms with E-state index >= 15 is 0 Å². The van der Waals surface area contributed by atoms with Gasteiger partial charge < -0.3 is 10.6 Å². The maximum atomic E-state index is 13.0. The van der Waals surface area contributed by atoms with E-state index in [0.29, 0.717) is 36.5 Å². The van der Waals surface area contributed by atoms with E-state index in [2.05, 4.69) is 9.97 Å². The van der Waals surface area contributed by atoms with E-state index in [-0.39, 0.29) is 17.8 Å². The SMILES string of the molecule is Cc1nc([C@@H]2CCCN2C(=O)CCc2ccc(F)cc2)ncc1C(N)=O. The molecule has 0 radical (unpaired) electrons. The number of nitrogens with two attached hydrogens (primary N) is 1. The fourth-order valence-corrected chi connectivity index (χ4v) is 3.27. The number of hydrogen-bond donors (Lipinski definition) is 1. The summed E-state index contributed by atoms with van der Waals surface area (Å²) in [6, 6.07) is 6.00. The highest BCUT2D eigenvalue weighted by Gasteiger charge is 2.32. The molecule has 3 rings (SSSR count). The normalized spacial score (nSPS) is 16.7. The number of amides is 2. The van der Waals surface area contributed by atoms with E-state index in [1.54, 1.807) is 24.0 Å². The maximum Gasteiger partial charge on any atom is 0.252 e. The number of halogens is 1. The van der Waals surface area contributed by atoms with Crippen LogP contribution in [-0.2, 0) is 11.2 Å². The van der Waals surface area contributed by atoms with E-state index in [0.717, 1.165) is 18.4 Å². The first kappa shape index (κ1) is 18.0. The first-order valence-electron chi connectivity index (χ1n) is 8.63. The summed E-state index contributed by atoms with van der Waals surface area (Å²) in [7, 11) is 0. The topological polar surface area (TPSA) is 89.2 Å². The molecule has 1 aromatic heterocycles. The summed E-state index contributed by atoms with van der Waals surface area (Å²) in [4.78, 5) is 34.4. The molecule has 0 saturated carbocycles. The number of hydrogen-bond acceptors (Lipinski definition) is 4. The van der Waals surface area contributed by atoms with E-state index in [9.17, 15) is 14.0 Å². The molecule has 2 N–H and O–H groups in total. The van der Waals surface area contributed by atoms with Gasteiger partial charge in [-0.05, 0) is 43.9 Å². The summed E-state index contributed by atoms with van der Waals surface area (Å²) in [5.41, 5.74) is 7.03. The van der Waals surface area contributed by atoms with Gasteiger partial charge in [0.15, 0.2) is 5.82 Å². The molecule has 1 aliphatic rings. The fourth-order valence-electron chi connectivity index (χ4n) is 3.27. The standard InChI is InChI=1S/C19H21FN4O2/c1-12-15(18(21)26)11-22-19(23-12)16-3-2-10-24(16)17(25)9-6-13-4-7-14(20)8-5-13/h4-5,7-8,11,16H,2-3,6,9-10H2,1H3,(H2,21,26)/t16-/m0/s1. The van der Waals surface area contributed by atoms with Crippen molar-refractivity contribution in [1.82, 2.24) is 14.9 Å². The zero-order valence-corrected chi connectivity index (χ0v) is 14.6. The maximum absolute atomic E-state index is 13.0. The molecule has 0 spiro atoms. The largest absolute Gasteiger partial charge is 0.365 e. The van der Waals surface area contributed by atoms with Gasteiger partial charge in [-0.25, -0.2) is 14.4 Å². The molecular formula is C19H21FN4O2. The lowest BCUT2D eigenvalue weighted by Crippen LogP contribution is -2.32. The van der Waals surface area contributed by atoms with Crippen LogP contribution >= 0.6 is 0 Å². The Morgan fingerprint density at radius 3 is 2.69 bits per heavy atom. The Bertz CT molecular complexity index is 823. The Labute approximate surface area is 151 Å². The molecule has 1 aromatic carbocycles. The van der Waals surface area contributed by atoms with Gasteiger partial charge >= 0.3 is 0 Å². The van der Waals surface area contributed by atoms with E-state index in [1.807, 2.05) is 0 Å². The molecule has 2 aromatic rings. The summed E-state index contributed by atoms with van der Waals surface area (Å²) < 4.78 is 13.0. The number of carbonyl (C=O) groups excluding carboxylic acids is 2. The molecule has 2 heterocycles. The van der Waals surface area contributed by atoms with Crippen molar-refractivity contribution >= 4 is 11.8 Å². The zero-order valence-electron chi connectivity index (χ0n) is 14.6. The average molecular weight is 356 g/mol. The van der Waals surface area contributed by atoms with Gasteiger partial charge in [0.25, 0.3) is 5.91 Å². The molecule has 1 atom stereocenters. The van der Waals surface area contributed by atoms with Crippen LogP contribution in [0.15, 0.2) is 30.5 Å². The van der Waals surface area contributed by atoms with E-state index in [4.69, 9.17) is 5.73 Å². The molecule has 1 aliphatic heterocycles. The molecule has 1 fully saturated rings. The van der Waals surface area contributed by atoms with Crippen molar-refractivity contribution < 1.29 is 14.0 Å². The second-order valence-electron chi connectivity index (χ2n) is 6.46. The summed E-state index contributed by atoms with van der Waals surface area (Å²) in [6.07, 6.45) is 4.01. The van der Waals surface area contributed by atoms with Crippen molar-refractivity contribution in [2.24, 2.45) is 5.73 Å². The van der Waals surface area contributed by atoms with Crippen molar-refractivity contribution in [3.63, 3.8) is 0 Å². The highest BCUT2D eigenvalue weighted by molar-refractivity contribution is 5.93. The minimum Gasteiger partial charge on any atom is -0.365 e. The smallest absolute Gasteiger partial charge is 0.252 e. The Hall–Kier alpha value is -2.83. The lowest BCUT2D eigenvalue weighted by molar-refractivity contribution is -0.132. The second-order valence-corrected chi connectivity index (χ2v) is 6.46. The van der Waals surface area contributed by atoms with Crippen LogP contribution in [-0.4, -0.2) is 33.2 Å². The number of primary amides is 1. The predicted molar refractivity (Wildman–Crippen MR) is 93.7 cm³/mol. The minimum absolute atomic E-state index is 0.0251. The molecule has 6 nitrogen and oxygen atoms in total. The van der Waals surface area contributed by atoms with E-state index in [1.165, 1.54) is 18.3 Å². The quantitative estimate of drug-likeness (QED) is 0.890. The van der Waals surface area contributed by atoms with Crippen LogP contribution in [0.3, 0.4) is 0 Å². The Morgan fingerprint density at radius 1 is 1.31 bits per heavy atom. The van der Waals surface area contributed by atoms with Crippen LogP contribution in [0.4, 0.5) is 4.39 Å². The number of aromatic nitrogens is 2. The van der Waals surface area contributed by atoms with Crippen LogP contribution in [0.2, 0.25) is 0 Å². The highest BCUT2D eigenvalue weighted by atomic mass is 19.1. The molecule has 1 saturated heterocycles. The third kappa shape index (κ3) is 3.87. The van der Waals surface area contributed by atoms with Gasteiger partial charge in [0.05, 0.1) is 17.3 Å². The van der Waals surface area contributed by atoms with E-state index < -0.39 is 5.91 Å². The number of rotatable bonds is 5. The Kier molecular flexibility index (Phi) is 5.25. The lowest BCUT2D eigenvalue weighted by Gasteiger charge is -2.24. The van der Waals surface area contributed by atoms with Crippen molar-refractivity contribution in [2.75, 3.05) is 6.54 Å². The molecule has 0 aliphatic carbocycles. The number of aryl methyl sites for hydroxylation is 2.